The standard InChI is InChI=1S/C12H18O3/c1-4-10-5-6-11(12(7-10)14-3)15-8-9(2)13/h5-7,9,13H,4,8H2,1-3H3/t9-/m0/s1. The van der Waals surface area contributed by atoms with Crippen molar-refractivity contribution in [2.75, 3.05) is 13.7 Å². The van der Waals surface area contributed by atoms with E-state index in [1.807, 2.05) is 18.2 Å². The van der Waals surface area contributed by atoms with Gasteiger partial charge in [-0.25, -0.2) is 0 Å². The summed E-state index contributed by atoms with van der Waals surface area (Å²) >= 11 is 0. The van der Waals surface area contributed by atoms with E-state index >= 15 is 0 Å². The van der Waals surface area contributed by atoms with E-state index in [9.17, 15) is 0 Å². The normalized spacial score (nSPS) is 12.3. The summed E-state index contributed by atoms with van der Waals surface area (Å²) in [6.45, 7) is 4.06. The van der Waals surface area contributed by atoms with Crippen molar-refractivity contribution >= 4 is 0 Å². The van der Waals surface area contributed by atoms with Crippen LogP contribution in [0.15, 0.2) is 18.2 Å². The van der Waals surface area contributed by atoms with Crippen LogP contribution in [0.2, 0.25) is 0 Å². The maximum Gasteiger partial charge on any atom is 0.161 e. The molecule has 84 valence electrons. The molecule has 0 aliphatic carbocycles. The molecular formula is C12H18O3. The average Bonchev–Trinajstić information content (AvgIpc) is 2.25. The summed E-state index contributed by atoms with van der Waals surface area (Å²) in [5, 5.41) is 9.11. The van der Waals surface area contributed by atoms with Crippen LogP contribution in [-0.2, 0) is 6.42 Å². The van der Waals surface area contributed by atoms with E-state index in [4.69, 9.17) is 14.6 Å². The topological polar surface area (TPSA) is 38.7 Å². The molecule has 0 aromatic heterocycles. The molecule has 0 radical (unpaired) electrons. The SMILES string of the molecule is CCc1ccc(OC[C@H](C)O)c(OC)c1. The molecular weight excluding hydrogens is 192 g/mol. The Labute approximate surface area is 90.6 Å². The van der Waals surface area contributed by atoms with Gasteiger partial charge in [-0.3, -0.25) is 0 Å². The lowest BCUT2D eigenvalue weighted by Crippen LogP contribution is -2.13. The van der Waals surface area contributed by atoms with E-state index in [2.05, 4.69) is 6.92 Å². The number of aliphatic hydroxyl groups is 1. The van der Waals surface area contributed by atoms with E-state index in [1.54, 1.807) is 14.0 Å². The second-order valence-corrected chi connectivity index (χ2v) is 3.50. The summed E-state index contributed by atoms with van der Waals surface area (Å²) in [7, 11) is 1.62. The number of aliphatic hydroxyl groups excluding tert-OH is 1. The molecule has 0 fully saturated rings. The molecule has 1 aromatic carbocycles. The van der Waals surface area contributed by atoms with Gasteiger partial charge in [0, 0.05) is 0 Å². The van der Waals surface area contributed by atoms with Crippen LogP contribution >= 0.6 is 0 Å². The number of ether oxygens (including phenoxy) is 2. The van der Waals surface area contributed by atoms with Crippen molar-refractivity contribution in [3.05, 3.63) is 23.8 Å². The zero-order valence-corrected chi connectivity index (χ0v) is 9.49. The Morgan fingerprint density at radius 1 is 1.33 bits per heavy atom. The smallest absolute Gasteiger partial charge is 0.161 e. The van der Waals surface area contributed by atoms with Gasteiger partial charge < -0.3 is 14.6 Å². The Balaban J connectivity index is 2.78. The lowest BCUT2D eigenvalue weighted by atomic mass is 10.1. The Bertz CT molecular complexity index is 308. The number of methoxy groups -OCH3 is 1. The van der Waals surface area contributed by atoms with E-state index in [-0.39, 0.29) is 6.61 Å². The fraction of sp³-hybridized carbons (Fsp3) is 0.500. The first kappa shape index (κ1) is 11.9. The molecule has 1 aromatic rings. The van der Waals surface area contributed by atoms with Crippen molar-refractivity contribution in [3.63, 3.8) is 0 Å². The minimum absolute atomic E-state index is 0.280. The molecule has 1 atom stereocenters. The first-order valence-electron chi connectivity index (χ1n) is 5.15. The highest BCUT2D eigenvalue weighted by Gasteiger charge is 2.06. The average molecular weight is 210 g/mol. The number of hydrogen-bond donors (Lipinski definition) is 1. The number of benzene rings is 1. The van der Waals surface area contributed by atoms with Gasteiger partial charge >= 0.3 is 0 Å². The summed E-state index contributed by atoms with van der Waals surface area (Å²) in [6.07, 6.45) is 0.494. The third-order valence-electron chi connectivity index (χ3n) is 2.12. The monoisotopic (exact) mass is 210 g/mol. The van der Waals surface area contributed by atoms with Crippen molar-refractivity contribution in [2.24, 2.45) is 0 Å². The summed E-state index contributed by atoms with van der Waals surface area (Å²) in [5.74, 6) is 1.39. The summed E-state index contributed by atoms with van der Waals surface area (Å²) < 4.78 is 10.6. The van der Waals surface area contributed by atoms with Crippen LogP contribution in [0, 0.1) is 0 Å². The molecule has 3 nitrogen and oxygen atoms in total. The van der Waals surface area contributed by atoms with E-state index in [0.717, 1.165) is 12.2 Å². The minimum atomic E-state index is -0.472. The molecule has 0 aliphatic heterocycles. The molecule has 3 heteroatoms. The Morgan fingerprint density at radius 3 is 2.60 bits per heavy atom. The van der Waals surface area contributed by atoms with Gasteiger partial charge in [0.25, 0.3) is 0 Å². The van der Waals surface area contributed by atoms with Crippen molar-refractivity contribution < 1.29 is 14.6 Å². The first-order chi connectivity index (χ1) is 7.17. The van der Waals surface area contributed by atoms with Gasteiger partial charge in [-0.2, -0.15) is 0 Å². The molecule has 0 bridgehead atoms. The zero-order valence-electron chi connectivity index (χ0n) is 9.49. The summed E-state index contributed by atoms with van der Waals surface area (Å²) in [6, 6.07) is 5.83. The van der Waals surface area contributed by atoms with Crippen LogP contribution in [-0.4, -0.2) is 24.9 Å². The van der Waals surface area contributed by atoms with Gasteiger partial charge in [0.1, 0.15) is 6.61 Å². The van der Waals surface area contributed by atoms with Gasteiger partial charge in [-0.15, -0.1) is 0 Å². The maximum absolute atomic E-state index is 9.11. The molecule has 1 N–H and O–H groups in total. The lowest BCUT2D eigenvalue weighted by molar-refractivity contribution is 0.120. The number of rotatable bonds is 5. The van der Waals surface area contributed by atoms with Gasteiger partial charge in [-0.05, 0) is 31.0 Å². The Hall–Kier alpha value is -1.22. The zero-order chi connectivity index (χ0) is 11.3. The highest BCUT2D eigenvalue weighted by molar-refractivity contribution is 5.42. The Morgan fingerprint density at radius 2 is 2.07 bits per heavy atom. The van der Waals surface area contributed by atoms with E-state index in [1.165, 1.54) is 5.56 Å². The maximum atomic E-state index is 9.11. The molecule has 0 saturated heterocycles. The van der Waals surface area contributed by atoms with Gasteiger partial charge in [0.2, 0.25) is 0 Å². The second kappa shape index (κ2) is 5.61. The fourth-order valence-corrected chi connectivity index (χ4v) is 1.26. The molecule has 0 saturated carbocycles. The highest BCUT2D eigenvalue weighted by atomic mass is 16.5. The Kier molecular flexibility index (Phi) is 4.43. The minimum Gasteiger partial charge on any atom is -0.493 e. The molecule has 0 heterocycles. The molecule has 0 aliphatic rings. The third kappa shape index (κ3) is 3.44. The van der Waals surface area contributed by atoms with Crippen LogP contribution < -0.4 is 9.47 Å². The van der Waals surface area contributed by atoms with E-state index < -0.39 is 6.10 Å². The second-order valence-electron chi connectivity index (χ2n) is 3.50. The van der Waals surface area contributed by atoms with Gasteiger partial charge in [-0.1, -0.05) is 13.0 Å². The molecule has 0 unspecified atom stereocenters. The van der Waals surface area contributed by atoms with Crippen molar-refractivity contribution in [2.45, 2.75) is 26.4 Å². The van der Waals surface area contributed by atoms with Gasteiger partial charge in [0.05, 0.1) is 13.2 Å². The largest absolute Gasteiger partial charge is 0.493 e. The fourth-order valence-electron chi connectivity index (χ4n) is 1.26. The summed E-state index contributed by atoms with van der Waals surface area (Å²) in [4.78, 5) is 0. The molecule has 0 spiro atoms. The summed E-state index contributed by atoms with van der Waals surface area (Å²) in [5.41, 5.74) is 1.20. The molecule has 1 rings (SSSR count). The first-order valence-corrected chi connectivity index (χ1v) is 5.15. The number of hydrogen-bond acceptors (Lipinski definition) is 3. The van der Waals surface area contributed by atoms with E-state index in [0.29, 0.717) is 5.75 Å². The quantitative estimate of drug-likeness (QED) is 0.808. The molecule has 15 heavy (non-hydrogen) atoms. The highest BCUT2D eigenvalue weighted by Crippen LogP contribution is 2.28. The third-order valence-corrected chi connectivity index (χ3v) is 2.12. The molecule has 0 amide bonds. The van der Waals surface area contributed by atoms with Crippen LogP contribution in [0.3, 0.4) is 0 Å². The van der Waals surface area contributed by atoms with Crippen LogP contribution in [0.5, 0.6) is 11.5 Å². The van der Waals surface area contributed by atoms with Crippen LogP contribution in [0.4, 0.5) is 0 Å². The lowest BCUT2D eigenvalue weighted by Gasteiger charge is -2.12. The number of aryl methyl sites for hydroxylation is 1. The van der Waals surface area contributed by atoms with Gasteiger partial charge in [0.15, 0.2) is 11.5 Å². The van der Waals surface area contributed by atoms with Crippen molar-refractivity contribution in [3.8, 4) is 11.5 Å². The van der Waals surface area contributed by atoms with Crippen LogP contribution in [0.25, 0.3) is 0 Å². The van der Waals surface area contributed by atoms with Crippen molar-refractivity contribution in [1.82, 2.24) is 0 Å². The predicted octanol–water partition coefficient (Wildman–Crippen LogP) is 2.02. The van der Waals surface area contributed by atoms with Crippen molar-refractivity contribution in [1.29, 1.82) is 0 Å². The van der Waals surface area contributed by atoms with Crippen LogP contribution in [0.1, 0.15) is 19.4 Å². The predicted molar refractivity (Wildman–Crippen MR) is 59.5 cm³/mol.